The zero-order valence-electron chi connectivity index (χ0n) is 12.5. The predicted molar refractivity (Wildman–Crippen MR) is 80.3 cm³/mol. The Bertz CT molecular complexity index is 766. The van der Waals surface area contributed by atoms with Crippen LogP contribution in [0.5, 0.6) is 0 Å². The quantitative estimate of drug-likeness (QED) is 0.844. The highest BCUT2D eigenvalue weighted by Gasteiger charge is 2.25. The van der Waals surface area contributed by atoms with E-state index in [-0.39, 0.29) is 10.6 Å². The number of benzene rings is 1. The van der Waals surface area contributed by atoms with E-state index in [1.54, 1.807) is 46.0 Å². The van der Waals surface area contributed by atoms with Crippen molar-refractivity contribution in [2.75, 3.05) is 5.73 Å². The van der Waals surface area contributed by atoms with Gasteiger partial charge in [0.1, 0.15) is 10.7 Å². The van der Waals surface area contributed by atoms with Gasteiger partial charge in [-0.1, -0.05) is 12.1 Å². The lowest BCUT2D eigenvalue weighted by atomic mass is 10.1. The first-order valence-electron chi connectivity index (χ1n) is 6.52. The van der Waals surface area contributed by atoms with Crippen LogP contribution in [0, 0.1) is 20.8 Å². The number of hydrogen-bond donors (Lipinski definition) is 2. The van der Waals surface area contributed by atoms with Gasteiger partial charge in [-0.3, -0.25) is 0 Å². The van der Waals surface area contributed by atoms with Crippen LogP contribution in [0.3, 0.4) is 0 Å². The van der Waals surface area contributed by atoms with Crippen molar-refractivity contribution in [3.05, 3.63) is 41.1 Å². The van der Waals surface area contributed by atoms with Crippen molar-refractivity contribution >= 4 is 15.7 Å². The van der Waals surface area contributed by atoms with E-state index in [2.05, 4.69) is 9.71 Å². The zero-order chi connectivity index (χ0) is 15.8. The maximum Gasteiger partial charge on any atom is 0.243 e. The van der Waals surface area contributed by atoms with Crippen LogP contribution in [0.4, 0.5) is 5.69 Å². The molecule has 0 saturated carbocycles. The number of aryl methyl sites for hydroxylation is 3. The summed E-state index contributed by atoms with van der Waals surface area (Å²) in [6.45, 7) is 6.91. The first-order valence-corrected chi connectivity index (χ1v) is 8.01. The summed E-state index contributed by atoms with van der Waals surface area (Å²) in [4.78, 5) is 4.14. The second-order valence-corrected chi connectivity index (χ2v) is 6.75. The van der Waals surface area contributed by atoms with Crippen LogP contribution in [-0.2, 0) is 10.0 Å². The molecule has 0 bridgehead atoms. The van der Waals surface area contributed by atoms with Gasteiger partial charge in [-0.25, -0.2) is 13.4 Å². The molecule has 0 radical (unpaired) electrons. The Morgan fingerprint density at radius 2 is 1.86 bits per heavy atom. The second kappa shape index (κ2) is 5.50. The largest absolute Gasteiger partial charge is 0.444 e. The number of anilines is 1. The number of hydrogen-bond acceptors (Lipinski definition) is 5. The number of nitrogen functional groups attached to an aromatic ring is 1. The number of sulfonamides is 1. The summed E-state index contributed by atoms with van der Waals surface area (Å²) in [7, 11) is -3.76. The highest BCUT2D eigenvalue weighted by atomic mass is 32.2. The molecule has 1 aromatic carbocycles. The van der Waals surface area contributed by atoms with Crippen LogP contribution in [0.2, 0.25) is 0 Å². The van der Waals surface area contributed by atoms with Gasteiger partial charge in [0.2, 0.25) is 15.9 Å². The first-order chi connectivity index (χ1) is 9.72. The molecule has 0 aliphatic heterocycles. The molecule has 7 heteroatoms. The number of nitrogens with one attached hydrogen (secondary N) is 1. The van der Waals surface area contributed by atoms with Crippen molar-refractivity contribution in [1.82, 2.24) is 9.71 Å². The monoisotopic (exact) mass is 309 g/mol. The zero-order valence-corrected chi connectivity index (χ0v) is 13.3. The fourth-order valence-corrected chi connectivity index (χ4v) is 3.70. The smallest absolute Gasteiger partial charge is 0.243 e. The summed E-state index contributed by atoms with van der Waals surface area (Å²) >= 11 is 0. The van der Waals surface area contributed by atoms with E-state index in [0.717, 1.165) is 5.56 Å². The summed E-state index contributed by atoms with van der Waals surface area (Å²) in [5, 5.41) is 0. The highest BCUT2D eigenvalue weighted by Crippen LogP contribution is 2.27. The third-order valence-electron chi connectivity index (χ3n) is 3.22. The van der Waals surface area contributed by atoms with E-state index in [4.69, 9.17) is 10.2 Å². The Labute approximate surface area is 124 Å². The van der Waals surface area contributed by atoms with Crippen molar-refractivity contribution in [1.29, 1.82) is 0 Å². The average Bonchev–Trinajstić information content (AvgIpc) is 2.80. The Balaban J connectivity index is 2.37. The van der Waals surface area contributed by atoms with Gasteiger partial charge in [-0.2, -0.15) is 4.72 Å². The van der Waals surface area contributed by atoms with Gasteiger partial charge >= 0.3 is 0 Å². The SMILES string of the molecule is Cc1cnc(C(C)NS(=O)(=O)c2c(C)ccc(C)c2N)o1. The standard InChI is InChI=1S/C14H19N3O3S/c1-8-5-6-9(2)13(12(8)15)21(18,19)17-11(4)14-16-7-10(3)20-14/h5-7,11,17H,15H2,1-4H3. The number of nitrogens with zero attached hydrogens (tertiary/aromatic N) is 1. The lowest BCUT2D eigenvalue weighted by Gasteiger charge is -2.16. The molecule has 0 amide bonds. The molecule has 0 saturated heterocycles. The maximum absolute atomic E-state index is 12.6. The van der Waals surface area contributed by atoms with Crippen molar-refractivity contribution in [2.24, 2.45) is 0 Å². The first kappa shape index (κ1) is 15.5. The Kier molecular flexibility index (Phi) is 4.06. The molecular formula is C14H19N3O3S. The van der Waals surface area contributed by atoms with Gasteiger partial charge in [-0.15, -0.1) is 0 Å². The Morgan fingerprint density at radius 1 is 1.24 bits per heavy atom. The minimum absolute atomic E-state index is 0.109. The van der Waals surface area contributed by atoms with Crippen LogP contribution in [0.1, 0.15) is 35.7 Å². The number of nitrogens with two attached hydrogens (primary N) is 1. The Hall–Kier alpha value is -1.86. The predicted octanol–water partition coefficient (Wildman–Crippen LogP) is 2.22. The summed E-state index contributed by atoms with van der Waals surface area (Å²) < 4.78 is 33.0. The number of oxazole rings is 1. The van der Waals surface area contributed by atoms with Gasteiger partial charge < -0.3 is 10.2 Å². The molecule has 3 N–H and O–H groups in total. The average molecular weight is 309 g/mol. The normalized spacial score (nSPS) is 13.3. The topological polar surface area (TPSA) is 98.2 Å². The minimum Gasteiger partial charge on any atom is -0.444 e. The van der Waals surface area contributed by atoms with E-state index in [9.17, 15) is 8.42 Å². The summed E-state index contributed by atoms with van der Waals surface area (Å²) in [5.41, 5.74) is 7.51. The molecule has 6 nitrogen and oxygen atoms in total. The van der Waals surface area contributed by atoms with Crippen LogP contribution in [0.15, 0.2) is 27.6 Å². The van der Waals surface area contributed by atoms with Crippen molar-refractivity contribution < 1.29 is 12.8 Å². The highest BCUT2D eigenvalue weighted by molar-refractivity contribution is 7.89. The number of rotatable bonds is 4. The lowest BCUT2D eigenvalue weighted by Crippen LogP contribution is -2.28. The molecule has 0 fully saturated rings. The molecule has 1 aromatic heterocycles. The van der Waals surface area contributed by atoms with Crippen LogP contribution < -0.4 is 10.5 Å². The van der Waals surface area contributed by atoms with Crippen molar-refractivity contribution in [2.45, 2.75) is 38.6 Å². The number of aromatic nitrogens is 1. The third-order valence-corrected chi connectivity index (χ3v) is 4.96. The van der Waals surface area contributed by atoms with Crippen LogP contribution in [0.25, 0.3) is 0 Å². The molecule has 0 spiro atoms. The molecular weight excluding hydrogens is 290 g/mol. The molecule has 2 rings (SSSR count). The Morgan fingerprint density at radius 3 is 2.43 bits per heavy atom. The third kappa shape index (κ3) is 3.08. The molecule has 0 aliphatic rings. The van der Waals surface area contributed by atoms with Gasteiger partial charge in [0.15, 0.2) is 0 Å². The van der Waals surface area contributed by atoms with Crippen molar-refractivity contribution in [3.63, 3.8) is 0 Å². The summed E-state index contributed by atoms with van der Waals surface area (Å²) in [6, 6.07) is 2.95. The van der Waals surface area contributed by atoms with E-state index in [1.807, 2.05) is 0 Å². The second-order valence-electron chi connectivity index (χ2n) is 5.09. The van der Waals surface area contributed by atoms with E-state index < -0.39 is 16.1 Å². The van der Waals surface area contributed by atoms with Gasteiger partial charge in [0.05, 0.1) is 17.9 Å². The van der Waals surface area contributed by atoms with E-state index in [1.165, 1.54) is 0 Å². The maximum atomic E-state index is 12.6. The molecule has 2 aromatic rings. The van der Waals surface area contributed by atoms with Gasteiger partial charge in [0, 0.05) is 0 Å². The van der Waals surface area contributed by atoms with Gasteiger partial charge in [-0.05, 0) is 38.8 Å². The molecule has 1 unspecified atom stereocenters. The molecule has 1 atom stereocenters. The van der Waals surface area contributed by atoms with E-state index in [0.29, 0.717) is 17.2 Å². The fraction of sp³-hybridized carbons (Fsp3) is 0.357. The molecule has 21 heavy (non-hydrogen) atoms. The molecule has 114 valence electrons. The molecule has 0 aliphatic carbocycles. The summed E-state index contributed by atoms with van der Waals surface area (Å²) in [5.74, 6) is 0.947. The minimum atomic E-state index is -3.76. The molecule has 1 heterocycles. The van der Waals surface area contributed by atoms with Crippen molar-refractivity contribution in [3.8, 4) is 0 Å². The van der Waals surface area contributed by atoms with Crippen LogP contribution in [-0.4, -0.2) is 13.4 Å². The lowest BCUT2D eigenvalue weighted by molar-refractivity contribution is 0.428. The van der Waals surface area contributed by atoms with Crippen LogP contribution >= 0.6 is 0 Å². The fourth-order valence-electron chi connectivity index (χ4n) is 2.08. The van der Waals surface area contributed by atoms with E-state index >= 15 is 0 Å². The summed E-state index contributed by atoms with van der Waals surface area (Å²) in [6.07, 6.45) is 1.55. The van der Waals surface area contributed by atoms with Gasteiger partial charge in [0.25, 0.3) is 0 Å².